The van der Waals surface area contributed by atoms with Crippen LogP contribution in [0.2, 0.25) is 0 Å². The van der Waals surface area contributed by atoms with E-state index in [0.29, 0.717) is 22.9 Å². The lowest BCUT2D eigenvalue weighted by Crippen LogP contribution is -2.03. The molecule has 5 heteroatoms. The lowest BCUT2D eigenvalue weighted by molar-refractivity contribution is 0.198. The van der Waals surface area contributed by atoms with Crippen molar-refractivity contribution in [1.29, 1.82) is 0 Å². The lowest BCUT2D eigenvalue weighted by atomic mass is 10.1. The molecule has 1 aromatic carbocycles. The quantitative estimate of drug-likeness (QED) is 0.886. The van der Waals surface area contributed by atoms with Gasteiger partial charge in [-0.05, 0) is 24.6 Å². The van der Waals surface area contributed by atoms with Gasteiger partial charge in [0.25, 0.3) is 0 Å². The largest absolute Gasteiger partial charge is 0.493 e. The van der Waals surface area contributed by atoms with E-state index in [-0.39, 0.29) is 6.61 Å². The van der Waals surface area contributed by atoms with Crippen LogP contribution in [0.1, 0.15) is 24.3 Å². The zero-order valence-electron chi connectivity index (χ0n) is 12.4. The minimum absolute atomic E-state index is 0.254. The predicted molar refractivity (Wildman–Crippen MR) is 78.7 cm³/mol. The maximum Gasteiger partial charge on any atom is 0.185 e. The topological polar surface area (TPSA) is 60.8 Å². The van der Waals surface area contributed by atoms with Crippen molar-refractivity contribution in [2.24, 2.45) is 0 Å². The highest BCUT2D eigenvalue weighted by Gasteiger charge is 2.12. The summed E-state index contributed by atoms with van der Waals surface area (Å²) in [5, 5.41) is 9.58. The Labute approximate surface area is 124 Å². The minimum atomic E-state index is -0.530. The third-order valence-corrected chi connectivity index (χ3v) is 3.08. The number of aliphatic hydroxyl groups is 1. The van der Waals surface area contributed by atoms with E-state index >= 15 is 0 Å². The van der Waals surface area contributed by atoms with Gasteiger partial charge in [0, 0.05) is 12.3 Å². The predicted octanol–water partition coefficient (Wildman–Crippen LogP) is 2.73. The van der Waals surface area contributed by atoms with Crippen LogP contribution in [0.3, 0.4) is 0 Å². The van der Waals surface area contributed by atoms with E-state index < -0.39 is 6.10 Å². The fraction of sp³-hybridized carbons (Fsp3) is 0.312. The van der Waals surface area contributed by atoms with Gasteiger partial charge in [-0.25, -0.2) is 0 Å². The number of rotatable bonds is 6. The Kier molecular flexibility index (Phi) is 5.00. The van der Waals surface area contributed by atoms with Crippen LogP contribution in [0.5, 0.6) is 17.2 Å². The zero-order valence-corrected chi connectivity index (χ0v) is 12.4. The number of methoxy groups -OCH3 is 2. The number of hydrogen-bond acceptors (Lipinski definition) is 5. The number of hydrogen-bond donors (Lipinski definition) is 1. The standard InChI is InChI=1S/C16H19NO4/c1-11(18)12-5-4-6-13(9-12)21-10-14-16(20-3)15(19-2)7-8-17-14/h4-9,11,18H,10H2,1-3H3/t11-/m0/s1. The molecule has 2 rings (SSSR count). The van der Waals surface area contributed by atoms with Crippen molar-refractivity contribution in [3.05, 3.63) is 47.8 Å². The Bertz CT molecular complexity index is 599. The van der Waals surface area contributed by atoms with Crippen molar-refractivity contribution in [1.82, 2.24) is 4.98 Å². The molecule has 0 radical (unpaired) electrons. The number of nitrogens with zero attached hydrogens (tertiary/aromatic N) is 1. The number of ether oxygens (including phenoxy) is 3. The summed E-state index contributed by atoms with van der Waals surface area (Å²) in [6.07, 6.45) is 1.12. The van der Waals surface area contributed by atoms with Crippen LogP contribution in [0, 0.1) is 0 Å². The SMILES string of the molecule is COc1ccnc(COc2cccc([C@H](C)O)c2)c1OC. The molecule has 0 fully saturated rings. The second kappa shape index (κ2) is 6.95. The van der Waals surface area contributed by atoms with Gasteiger partial charge in [0.05, 0.1) is 20.3 Å². The Morgan fingerprint density at radius 2 is 2.00 bits per heavy atom. The molecule has 112 valence electrons. The number of aliphatic hydroxyl groups excluding tert-OH is 1. The molecular formula is C16H19NO4. The average molecular weight is 289 g/mol. The fourth-order valence-electron chi connectivity index (χ4n) is 1.97. The Hall–Kier alpha value is -2.27. The number of aromatic nitrogens is 1. The molecule has 1 heterocycles. The van der Waals surface area contributed by atoms with E-state index in [2.05, 4.69) is 4.98 Å². The summed E-state index contributed by atoms with van der Waals surface area (Å²) in [5.74, 6) is 1.84. The molecule has 5 nitrogen and oxygen atoms in total. The third kappa shape index (κ3) is 3.64. The van der Waals surface area contributed by atoms with Crippen molar-refractivity contribution < 1.29 is 19.3 Å². The van der Waals surface area contributed by atoms with Crippen LogP contribution in [0.15, 0.2) is 36.5 Å². The Morgan fingerprint density at radius 3 is 2.67 bits per heavy atom. The maximum absolute atomic E-state index is 9.58. The molecule has 21 heavy (non-hydrogen) atoms. The molecule has 0 saturated carbocycles. The molecule has 1 N–H and O–H groups in total. The summed E-state index contributed by atoms with van der Waals surface area (Å²) >= 11 is 0. The van der Waals surface area contributed by atoms with E-state index in [4.69, 9.17) is 14.2 Å². The summed E-state index contributed by atoms with van der Waals surface area (Å²) in [4.78, 5) is 4.25. The first-order valence-corrected chi connectivity index (χ1v) is 6.62. The molecular weight excluding hydrogens is 270 g/mol. The van der Waals surface area contributed by atoms with E-state index in [9.17, 15) is 5.11 Å². The summed E-state index contributed by atoms with van der Waals surface area (Å²) in [6.45, 7) is 1.97. The normalized spacial score (nSPS) is 11.8. The molecule has 2 aromatic rings. The van der Waals surface area contributed by atoms with Gasteiger partial charge >= 0.3 is 0 Å². The molecule has 1 atom stereocenters. The van der Waals surface area contributed by atoms with Crippen LogP contribution in [-0.4, -0.2) is 24.3 Å². The van der Waals surface area contributed by atoms with Gasteiger partial charge in [0.2, 0.25) is 0 Å². The molecule has 0 aliphatic rings. The van der Waals surface area contributed by atoms with Gasteiger partial charge in [-0.3, -0.25) is 4.98 Å². The van der Waals surface area contributed by atoms with Crippen molar-refractivity contribution in [2.75, 3.05) is 14.2 Å². The second-order valence-corrected chi connectivity index (χ2v) is 4.53. The molecule has 0 spiro atoms. The van der Waals surface area contributed by atoms with Gasteiger partial charge < -0.3 is 19.3 Å². The molecule has 0 aliphatic carbocycles. The zero-order chi connectivity index (χ0) is 15.2. The second-order valence-electron chi connectivity index (χ2n) is 4.53. The van der Waals surface area contributed by atoms with Gasteiger partial charge in [-0.2, -0.15) is 0 Å². The molecule has 0 amide bonds. The van der Waals surface area contributed by atoms with Gasteiger partial charge in [0.15, 0.2) is 11.5 Å². The van der Waals surface area contributed by atoms with E-state index in [1.807, 2.05) is 18.2 Å². The first kappa shape index (κ1) is 15.1. The van der Waals surface area contributed by atoms with E-state index in [0.717, 1.165) is 5.56 Å². The lowest BCUT2D eigenvalue weighted by Gasteiger charge is -2.13. The summed E-state index contributed by atoms with van der Waals surface area (Å²) in [5.41, 5.74) is 1.46. The molecule has 1 aromatic heterocycles. The van der Waals surface area contributed by atoms with Crippen molar-refractivity contribution in [3.63, 3.8) is 0 Å². The summed E-state index contributed by atoms with van der Waals surface area (Å²) in [6, 6.07) is 9.06. The van der Waals surface area contributed by atoms with Gasteiger partial charge in [0.1, 0.15) is 18.1 Å². The monoisotopic (exact) mass is 289 g/mol. The summed E-state index contributed by atoms with van der Waals surface area (Å²) in [7, 11) is 3.14. The highest BCUT2D eigenvalue weighted by Crippen LogP contribution is 2.30. The first-order valence-electron chi connectivity index (χ1n) is 6.62. The van der Waals surface area contributed by atoms with Crippen molar-refractivity contribution in [2.45, 2.75) is 19.6 Å². The van der Waals surface area contributed by atoms with E-state index in [1.54, 1.807) is 39.5 Å². The van der Waals surface area contributed by atoms with Crippen LogP contribution in [-0.2, 0) is 6.61 Å². The molecule has 0 saturated heterocycles. The maximum atomic E-state index is 9.58. The van der Waals surface area contributed by atoms with Crippen LogP contribution in [0.4, 0.5) is 0 Å². The highest BCUT2D eigenvalue weighted by atomic mass is 16.5. The van der Waals surface area contributed by atoms with Crippen LogP contribution >= 0.6 is 0 Å². The first-order chi connectivity index (χ1) is 10.2. The van der Waals surface area contributed by atoms with Gasteiger partial charge in [-0.1, -0.05) is 12.1 Å². The Morgan fingerprint density at radius 1 is 1.19 bits per heavy atom. The Balaban J connectivity index is 2.15. The average Bonchev–Trinajstić information content (AvgIpc) is 2.52. The van der Waals surface area contributed by atoms with Crippen molar-refractivity contribution >= 4 is 0 Å². The fourth-order valence-corrected chi connectivity index (χ4v) is 1.97. The highest BCUT2D eigenvalue weighted by molar-refractivity contribution is 5.42. The van der Waals surface area contributed by atoms with Crippen LogP contribution in [0.25, 0.3) is 0 Å². The number of benzene rings is 1. The smallest absolute Gasteiger partial charge is 0.185 e. The van der Waals surface area contributed by atoms with E-state index in [1.165, 1.54) is 0 Å². The van der Waals surface area contributed by atoms with Gasteiger partial charge in [-0.15, -0.1) is 0 Å². The molecule has 0 bridgehead atoms. The van der Waals surface area contributed by atoms with Crippen LogP contribution < -0.4 is 14.2 Å². The number of pyridine rings is 1. The third-order valence-electron chi connectivity index (χ3n) is 3.08. The molecule has 0 aliphatic heterocycles. The summed E-state index contributed by atoms with van der Waals surface area (Å²) < 4.78 is 16.3. The van der Waals surface area contributed by atoms with Crippen molar-refractivity contribution in [3.8, 4) is 17.2 Å². The molecule has 0 unspecified atom stereocenters. The minimum Gasteiger partial charge on any atom is -0.493 e.